The fourth-order valence-corrected chi connectivity index (χ4v) is 16.4. The number of anilines is 6. The highest BCUT2D eigenvalue weighted by atomic mass is 28.3. The molecule has 61 heavy (non-hydrogen) atoms. The van der Waals surface area contributed by atoms with Gasteiger partial charge in [-0.2, -0.15) is 0 Å². The maximum atomic E-state index is 4.94. The molecule has 6 heteroatoms. The molecule has 0 spiro atoms. The quantitative estimate of drug-likeness (QED) is 0.158. The summed E-state index contributed by atoms with van der Waals surface area (Å²) in [5.74, 6) is 0. The van der Waals surface area contributed by atoms with Gasteiger partial charge in [-0.05, 0) is 135 Å². The number of aryl methyl sites for hydroxylation is 3. The predicted molar refractivity (Wildman–Crippen MR) is 258 cm³/mol. The summed E-state index contributed by atoms with van der Waals surface area (Å²) in [5, 5.41) is 5.71. The van der Waals surface area contributed by atoms with E-state index in [0.29, 0.717) is 0 Å². The molecule has 3 aliphatic heterocycles. The molecule has 0 aliphatic carbocycles. The average molecular weight is 797 g/mol. The van der Waals surface area contributed by atoms with Crippen LogP contribution in [0.25, 0.3) is 22.5 Å². The third-order valence-electron chi connectivity index (χ3n) is 13.1. The summed E-state index contributed by atoms with van der Waals surface area (Å²) in [5.41, 5.74) is 19.1. The van der Waals surface area contributed by atoms with Crippen LogP contribution >= 0.6 is 0 Å². The zero-order chi connectivity index (χ0) is 40.8. The summed E-state index contributed by atoms with van der Waals surface area (Å²) in [6.07, 6.45) is 3.80. The Bertz CT molecular complexity index is 2980. The molecule has 0 bridgehead atoms. The van der Waals surface area contributed by atoms with E-state index < -0.39 is 8.07 Å². The van der Waals surface area contributed by atoms with Crippen molar-refractivity contribution in [2.75, 3.05) is 9.80 Å². The van der Waals surface area contributed by atoms with E-state index >= 15 is 0 Å². The molecule has 0 unspecified atom stereocenters. The van der Waals surface area contributed by atoms with Gasteiger partial charge in [-0.1, -0.05) is 121 Å². The van der Waals surface area contributed by atoms with Crippen molar-refractivity contribution >= 4 is 86.0 Å². The van der Waals surface area contributed by atoms with Crippen LogP contribution in [0.1, 0.15) is 16.7 Å². The van der Waals surface area contributed by atoms with E-state index in [2.05, 4.69) is 200 Å². The first-order chi connectivity index (χ1) is 30.0. The second kappa shape index (κ2) is 13.6. The van der Waals surface area contributed by atoms with Gasteiger partial charge in [-0.15, -0.1) is 0 Å². The zero-order valence-electron chi connectivity index (χ0n) is 34.3. The van der Waals surface area contributed by atoms with Crippen LogP contribution in [0.2, 0.25) is 0 Å². The highest BCUT2D eigenvalue weighted by Crippen LogP contribution is 2.48. The van der Waals surface area contributed by atoms with Crippen molar-refractivity contribution in [2.24, 2.45) is 0 Å². The number of hydrogen-bond donors (Lipinski definition) is 0. The van der Waals surface area contributed by atoms with Gasteiger partial charge in [-0.25, -0.2) is 0 Å². The minimum atomic E-state index is -3.02. The summed E-state index contributed by atoms with van der Waals surface area (Å²) in [6.45, 7) is 6.84. The molecule has 4 nitrogen and oxygen atoms in total. The van der Waals surface area contributed by atoms with E-state index in [4.69, 9.17) is 9.97 Å². The predicted octanol–water partition coefficient (Wildman–Crippen LogP) is 8.51. The summed E-state index contributed by atoms with van der Waals surface area (Å²) in [6, 6.07) is 67.9. The number of benzene rings is 7. The van der Waals surface area contributed by atoms with Gasteiger partial charge in [0.1, 0.15) is 0 Å². The Labute approximate surface area is 358 Å². The van der Waals surface area contributed by atoms with Gasteiger partial charge in [0.2, 0.25) is 0 Å². The Morgan fingerprint density at radius 1 is 0.377 bits per heavy atom. The first-order valence-electron chi connectivity index (χ1n) is 21.2. The van der Waals surface area contributed by atoms with Crippen molar-refractivity contribution in [2.45, 2.75) is 20.8 Å². The van der Waals surface area contributed by atoms with Gasteiger partial charge in [0.15, 0.2) is 8.07 Å². The molecule has 0 N–H and O–H groups in total. The van der Waals surface area contributed by atoms with E-state index in [-0.39, 0.29) is 6.71 Å². The molecule has 0 amide bonds. The lowest BCUT2D eigenvalue weighted by Crippen LogP contribution is -2.88. The molecule has 7 aromatic carbocycles. The number of nitrogens with zero attached hydrogens (tertiary/aromatic N) is 4. The first-order valence-corrected chi connectivity index (χ1v) is 23.2. The lowest BCUT2D eigenvalue weighted by atomic mass is 9.33. The fourth-order valence-electron chi connectivity index (χ4n) is 10.9. The topological polar surface area (TPSA) is 32.3 Å². The normalized spacial score (nSPS) is 13.9. The molecule has 12 rings (SSSR count). The number of para-hydroxylation sites is 2. The Morgan fingerprint density at radius 2 is 0.754 bits per heavy atom. The molecule has 0 atom stereocenters. The highest BCUT2D eigenvalue weighted by molar-refractivity contribution is 7.27. The van der Waals surface area contributed by atoms with Crippen LogP contribution in [-0.2, 0) is 0 Å². The summed E-state index contributed by atoms with van der Waals surface area (Å²) >= 11 is 0. The Hall–Kier alpha value is -7.28. The molecule has 3 aliphatic rings. The molecule has 0 saturated carbocycles. The van der Waals surface area contributed by atoms with Crippen LogP contribution in [0, 0.1) is 20.8 Å². The number of aromatic nitrogens is 2. The Kier molecular flexibility index (Phi) is 7.97. The van der Waals surface area contributed by atoms with Crippen LogP contribution in [-0.4, -0.2) is 24.8 Å². The largest absolute Gasteiger partial charge is 0.311 e. The monoisotopic (exact) mass is 796 g/mol. The van der Waals surface area contributed by atoms with Crippen LogP contribution in [0.3, 0.4) is 0 Å². The van der Waals surface area contributed by atoms with Crippen molar-refractivity contribution in [3.63, 3.8) is 0 Å². The maximum absolute atomic E-state index is 4.94. The SMILES string of the molecule is Cc1cc2c3c(c1)N(c1ccccc1-c1ccccn1)c1cc(C)cc4c1B3c1c(cc(C)cc1[Si]4(c1ccccc1)c1ccccc1)N2c1ccccc1-c1ccccn1. The van der Waals surface area contributed by atoms with E-state index in [1.165, 1.54) is 76.6 Å². The molecule has 0 radical (unpaired) electrons. The van der Waals surface area contributed by atoms with E-state index in [0.717, 1.165) is 33.9 Å². The molecular weight excluding hydrogens is 756 g/mol. The third kappa shape index (κ3) is 5.12. The summed E-state index contributed by atoms with van der Waals surface area (Å²) in [7, 11) is -3.02. The van der Waals surface area contributed by atoms with E-state index in [9.17, 15) is 0 Å². The van der Waals surface area contributed by atoms with Gasteiger partial charge < -0.3 is 9.80 Å². The molecule has 5 heterocycles. The van der Waals surface area contributed by atoms with Gasteiger partial charge in [0, 0.05) is 46.3 Å². The second-order valence-corrected chi connectivity index (χ2v) is 20.5. The molecule has 0 saturated heterocycles. The van der Waals surface area contributed by atoms with Crippen molar-refractivity contribution < 1.29 is 0 Å². The van der Waals surface area contributed by atoms with Crippen molar-refractivity contribution in [1.82, 2.24) is 9.97 Å². The smallest absolute Gasteiger partial charge is 0.251 e. The molecule has 9 aromatic rings. The van der Waals surface area contributed by atoms with Crippen molar-refractivity contribution in [3.8, 4) is 22.5 Å². The maximum Gasteiger partial charge on any atom is 0.251 e. The number of rotatable bonds is 6. The Balaban J connectivity index is 1.29. The van der Waals surface area contributed by atoms with Crippen molar-refractivity contribution in [1.29, 1.82) is 0 Å². The van der Waals surface area contributed by atoms with Crippen LogP contribution < -0.4 is 46.9 Å². The molecule has 288 valence electrons. The zero-order valence-corrected chi connectivity index (χ0v) is 35.3. The number of hydrogen-bond acceptors (Lipinski definition) is 4. The molecule has 2 aromatic heterocycles. The summed E-state index contributed by atoms with van der Waals surface area (Å²) in [4.78, 5) is 15.0. The van der Waals surface area contributed by atoms with E-state index in [1.807, 2.05) is 24.5 Å². The third-order valence-corrected chi connectivity index (χ3v) is 18.0. The summed E-state index contributed by atoms with van der Waals surface area (Å²) < 4.78 is 0. The molecule has 0 fully saturated rings. The van der Waals surface area contributed by atoms with Crippen molar-refractivity contribution in [3.05, 3.63) is 211 Å². The number of pyridine rings is 2. The molecular formula is C55H41BN4Si. The van der Waals surface area contributed by atoms with Crippen LogP contribution in [0.5, 0.6) is 0 Å². The van der Waals surface area contributed by atoms with Gasteiger partial charge >= 0.3 is 0 Å². The minimum Gasteiger partial charge on any atom is -0.311 e. The van der Waals surface area contributed by atoms with Crippen LogP contribution in [0.15, 0.2) is 194 Å². The highest BCUT2D eigenvalue weighted by Gasteiger charge is 2.56. The fraction of sp³-hybridized carbons (Fsp3) is 0.0545. The second-order valence-electron chi connectivity index (χ2n) is 16.8. The Morgan fingerprint density at radius 3 is 1.18 bits per heavy atom. The lowest BCUT2D eigenvalue weighted by molar-refractivity contribution is 1.22. The van der Waals surface area contributed by atoms with Gasteiger partial charge in [-0.3, -0.25) is 9.97 Å². The van der Waals surface area contributed by atoms with E-state index in [1.54, 1.807) is 0 Å². The van der Waals surface area contributed by atoms with Gasteiger partial charge in [0.05, 0.1) is 22.8 Å². The average Bonchev–Trinajstić information content (AvgIpc) is 3.30. The first kappa shape index (κ1) is 35.6. The van der Waals surface area contributed by atoms with Crippen LogP contribution in [0.4, 0.5) is 34.1 Å². The minimum absolute atomic E-state index is 0.00590. The standard InChI is InChI=1S/C55H41BN4Si/c1-36-30-47-53-48(31-36)60(46-27-13-11-23-42(46)44-25-15-17-29-58-44)50-33-38(3)35-52-55(50)56(53)54-49(59(47)45-26-12-10-22-41(45)43-24-14-16-28-57-43)32-37(2)34-51(54)61(52,39-18-6-4-7-19-39)40-20-8-5-9-21-40/h4-35H,1-3H3. The lowest BCUT2D eigenvalue weighted by Gasteiger charge is -2.52. The van der Waals surface area contributed by atoms with Gasteiger partial charge in [0.25, 0.3) is 6.71 Å².